The molecule has 4 nitrogen and oxygen atoms in total. The Kier molecular flexibility index (Phi) is 4.79. The molecule has 2 heterocycles. The molecule has 1 aromatic rings. The number of sulfone groups is 1. The molecular formula is C12H17BrN2O2S2. The van der Waals surface area contributed by atoms with Gasteiger partial charge in [-0.25, -0.2) is 13.4 Å². The van der Waals surface area contributed by atoms with Gasteiger partial charge in [0.05, 0.1) is 5.69 Å². The van der Waals surface area contributed by atoms with Crippen molar-refractivity contribution in [3.8, 4) is 0 Å². The highest BCUT2D eigenvalue weighted by atomic mass is 79.9. The fourth-order valence-corrected chi connectivity index (χ4v) is 5.22. The zero-order chi connectivity index (χ0) is 14.0. The first kappa shape index (κ1) is 15.1. The number of pyridine rings is 1. The van der Waals surface area contributed by atoms with E-state index in [0.717, 1.165) is 28.3 Å². The zero-order valence-electron chi connectivity index (χ0n) is 11.0. The van der Waals surface area contributed by atoms with Crippen LogP contribution in [0, 0.1) is 6.92 Å². The van der Waals surface area contributed by atoms with Crippen LogP contribution in [-0.4, -0.2) is 42.6 Å². The van der Waals surface area contributed by atoms with Crippen molar-refractivity contribution in [2.24, 2.45) is 0 Å². The topological polar surface area (TPSA) is 50.3 Å². The lowest BCUT2D eigenvalue weighted by atomic mass is 10.3. The highest BCUT2D eigenvalue weighted by Crippen LogP contribution is 2.27. The second-order valence-corrected chi connectivity index (χ2v) is 8.86. The van der Waals surface area contributed by atoms with Crippen LogP contribution in [0.3, 0.4) is 0 Å². The van der Waals surface area contributed by atoms with E-state index in [0.29, 0.717) is 5.75 Å². The highest BCUT2D eigenvalue weighted by Gasteiger charge is 2.33. The summed E-state index contributed by atoms with van der Waals surface area (Å²) in [7, 11) is -3.09. The van der Waals surface area contributed by atoms with E-state index in [1.807, 2.05) is 24.0 Å². The molecular weight excluding hydrogens is 348 g/mol. The molecule has 0 aliphatic carbocycles. The monoisotopic (exact) mass is 364 g/mol. The summed E-state index contributed by atoms with van der Waals surface area (Å²) in [6.07, 6.45) is 0. The van der Waals surface area contributed by atoms with Crippen LogP contribution in [0.2, 0.25) is 0 Å². The third-order valence-electron chi connectivity index (χ3n) is 3.20. The maximum atomic E-state index is 12.2. The zero-order valence-corrected chi connectivity index (χ0v) is 14.2. The Labute approximate surface area is 127 Å². The average molecular weight is 365 g/mol. The van der Waals surface area contributed by atoms with Crippen LogP contribution in [0.1, 0.15) is 12.6 Å². The van der Waals surface area contributed by atoms with E-state index in [-0.39, 0.29) is 5.75 Å². The van der Waals surface area contributed by atoms with Crippen LogP contribution in [0.25, 0.3) is 0 Å². The Hall–Kier alpha value is -0.270. The molecule has 1 unspecified atom stereocenters. The lowest BCUT2D eigenvalue weighted by Gasteiger charge is -2.35. The molecule has 1 saturated heterocycles. The number of aryl methyl sites for hydroxylation is 1. The van der Waals surface area contributed by atoms with Crippen LogP contribution >= 0.6 is 27.7 Å². The summed E-state index contributed by atoms with van der Waals surface area (Å²) in [4.78, 5) is 6.43. The fourth-order valence-electron chi connectivity index (χ4n) is 2.02. The van der Waals surface area contributed by atoms with Crippen molar-refractivity contribution >= 4 is 43.3 Å². The summed E-state index contributed by atoms with van der Waals surface area (Å²) >= 11 is 5.11. The lowest BCUT2D eigenvalue weighted by Crippen LogP contribution is -2.48. The molecule has 0 radical (unpaired) electrons. The molecule has 2 rings (SSSR count). The van der Waals surface area contributed by atoms with Gasteiger partial charge in [0, 0.05) is 28.3 Å². The Morgan fingerprint density at radius 1 is 1.53 bits per heavy atom. The molecule has 1 fully saturated rings. The van der Waals surface area contributed by atoms with Gasteiger partial charge in [-0.3, -0.25) is 0 Å². The number of rotatable bonds is 3. The summed E-state index contributed by atoms with van der Waals surface area (Å²) in [5.41, 5.74) is 0.878. The third kappa shape index (κ3) is 3.25. The van der Waals surface area contributed by atoms with Gasteiger partial charge in [-0.05, 0) is 35.0 Å². The molecule has 1 aliphatic heterocycles. The predicted octanol–water partition coefficient (Wildman–Crippen LogP) is 2.47. The molecule has 0 bridgehead atoms. The first-order chi connectivity index (χ1) is 8.95. The SMILES string of the molecule is CCS(=O)(=O)C1CSCCN1c1ccc(Br)c(C)n1. The van der Waals surface area contributed by atoms with Crippen LogP contribution in [0.15, 0.2) is 16.6 Å². The molecule has 1 aromatic heterocycles. The number of aromatic nitrogens is 1. The van der Waals surface area contributed by atoms with Gasteiger partial charge in [0.1, 0.15) is 11.2 Å². The quantitative estimate of drug-likeness (QED) is 0.824. The summed E-state index contributed by atoms with van der Waals surface area (Å²) < 4.78 is 25.3. The van der Waals surface area contributed by atoms with Crippen LogP contribution in [0.5, 0.6) is 0 Å². The summed E-state index contributed by atoms with van der Waals surface area (Å²) in [6, 6.07) is 3.81. The molecule has 19 heavy (non-hydrogen) atoms. The number of halogens is 1. The van der Waals surface area contributed by atoms with Crippen molar-refractivity contribution in [2.75, 3.05) is 28.7 Å². The number of hydrogen-bond acceptors (Lipinski definition) is 5. The predicted molar refractivity (Wildman–Crippen MR) is 84.6 cm³/mol. The Morgan fingerprint density at radius 2 is 2.26 bits per heavy atom. The molecule has 7 heteroatoms. The summed E-state index contributed by atoms with van der Waals surface area (Å²) in [6.45, 7) is 4.34. The number of thioether (sulfide) groups is 1. The van der Waals surface area contributed by atoms with Gasteiger partial charge >= 0.3 is 0 Å². The van der Waals surface area contributed by atoms with Gasteiger partial charge in [-0.1, -0.05) is 6.92 Å². The molecule has 0 spiro atoms. The molecule has 106 valence electrons. The van der Waals surface area contributed by atoms with Crippen LogP contribution in [0.4, 0.5) is 5.82 Å². The highest BCUT2D eigenvalue weighted by molar-refractivity contribution is 9.10. The standard InChI is InChI=1S/C12H17BrN2O2S2/c1-3-19(16,17)12-8-18-7-6-15(12)11-5-4-10(13)9(2)14-11/h4-5,12H,3,6-8H2,1-2H3. The van der Waals surface area contributed by atoms with E-state index in [4.69, 9.17) is 0 Å². The smallest absolute Gasteiger partial charge is 0.171 e. The molecule has 1 atom stereocenters. The van der Waals surface area contributed by atoms with Crippen molar-refractivity contribution in [1.82, 2.24) is 4.98 Å². The first-order valence-corrected chi connectivity index (χ1v) is 9.81. The van der Waals surface area contributed by atoms with Crippen molar-refractivity contribution in [3.05, 3.63) is 22.3 Å². The molecule has 0 amide bonds. The minimum Gasteiger partial charge on any atom is -0.338 e. The van der Waals surface area contributed by atoms with Crippen molar-refractivity contribution < 1.29 is 8.42 Å². The van der Waals surface area contributed by atoms with E-state index in [1.54, 1.807) is 18.7 Å². The van der Waals surface area contributed by atoms with Crippen molar-refractivity contribution in [2.45, 2.75) is 19.2 Å². The molecule has 0 saturated carbocycles. The number of nitrogens with zero attached hydrogens (tertiary/aromatic N) is 2. The average Bonchev–Trinajstić information content (AvgIpc) is 2.42. The lowest BCUT2D eigenvalue weighted by molar-refractivity contribution is 0.579. The molecule has 1 aliphatic rings. The second-order valence-electron chi connectivity index (χ2n) is 4.41. The molecule has 0 N–H and O–H groups in total. The summed E-state index contributed by atoms with van der Waals surface area (Å²) in [5, 5.41) is -0.454. The van der Waals surface area contributed by atoms with Gasteiger partial charge in [-0.2, -0.15) is 11.8 Å². The van der Waals surface area contributed by atoms with E-state index < -0.39 is 15.2 Å². The normalized spacial score (nSPS) is 20.6. The first-order valence-electron chi connectivity index (χ1n) is 6.15. The van der Waals surface area contributed by atoms with Gasteiger partial charge in [0.15, 0.2) is 9.84 Å². The summed E-state index contributed by atoms with van der Waals surface area (Å²) in [5.74, 6) is 2.48. The van der Waals surface area contributed by atoms with Crippen LogP contribution in [-0.2, 0) is 9.84 Å². The van der Waals surface area contributed by atoms with Gasteiger partial charge in [0.2, 0.25) is 0 Å². The second kappa shape index (κ2) is 6.01. The van der Waals surface area contributed by atoms with E-state index in [1.165, 1.54) is 0 Å². The number of hydrogen-bond donors (Lipinski definition) is 0. The van der Waals surface area contributed by atoms with E-state index >= 15 is 0 Å². The Balaban J connectivity index is 2.37. The third-order valence-corrected chi connectivity index (χ3v) is 7.33. The maximum Gasteiger partial charge on any atom is 0.171 e. The van der Waals surface area contributed by atoms with Crippen LogP contribution < -0.4 is 4.90 Å². The van der Waals surface area contributed by atoms with Crippen molar-refractivity contribution in [1.29, 1.82) is 0 Å². The Bertz CT molecular complexity index is 563. The van der Waals surface area contributed by atoms with Gasteiger partial charge < -0.3 is 4.90 Å². The Morgan fingerprint density at radius 3 is 2.89 bits per heavy atom. The van der Waals surface area contributed by atoms with Gasteiger partial charge in [0.25, 0.3) is 0 Å². The fraction of sp³-hybridized carbons (Fsp3) is 0.583. The maximum absolute atomic E-state index is 12.2. The van der Waals surface area contributed by atoms with E-state index in [9.17, 15) is 8.42 Å². The minimum atomic E-state index is -3.09. The van der Waals surface area contributed by atoms with Crippen molar-refractivity contribution in [3.63, 3.8) is 0 Å². The van der Waals surface area contributed by atoms with E-state index in [2.05, 4.69) is 20.9 Å². The van der Waals surface area contributed by atoms with Gasteiger partial charge in [-0.15, -0.1) is 0 Å². The number of anilines is 1. The minimum absolute atomic E-state index is 0.171. The largest absolute Gasteiger partial charge is 0.338 e. The molecule has 0 aromatic carbocycles.